The number of aromatic nitrogens is 2. The van der Waals surface area contributed by atoms with Crippen LogP contribution in [-0.2, 0) is 9.84 Å². The van der Waals surface area contributed by atoms with Gasteiger partial charge in [-0.2, -0.15) is 0 Å². The van der Waals surface area contributed by atoms with E-state index in [1.807, 2.05) is 0 Å². The minimum absolute atomic E-state index is 0.0586. The van der Waals surface area contributed by atoms with Gasteiger partial charge in [0, 0.05) is 23.9 Å². The Morgan fingerprint density at radius 1 is 1.40 bits per heavy atom. The Hall–Kier alpha value is -1.01. The van der Waals surface area contributed by atoms with Crippen LogP contribution in [0.4, 0.5) is 0 Å². The van der Waals surface area contributed by atoms with Crippen LogP contribution >= 0.6 is 0 Å². The predicted octanol–water partition coefficient (Wildman–Crippen LogP) is -0.0553. The molecule has 0 spiro atoms. The molecule has 0 radical (unpaired) electrons. The van der Waals surface area contributed by atoms with E-state index in [9.17, 15) is 13.5 Å². The maximum atomic E-state index is 11.2. The van der Waals surface area contributed by atoms with Crippen LogP contribution in [0, 0.1) is 5.92 Å². The van der Waals surface area contributed by atoms with Crippen molar-refractivity contribution < 1.29 is 13.5 Å². The first-order chi connectivity index (χ1) is 7.08. The van der Waals surface area contributed by atoms with Gasteiger partial charge in [-0.1, -0.05) is 0 Å². The smallest absolute Gasteiger partial charge is 0.150 e. The molecule has 1 fully saturated rings. The lowest BCUT2D eigenvalue weighted by atomic mass is 9.97. The molecule has 0 aromatic carbocycles. The third kappa shape index (κ3) is 2.32. The highest BCUT2D eigenvalue weighted by molar-refractivity contribution is 7.91. The van der Waals surface area contributed by atoms with E-state index in [-0.39, 0.29) is 17.4 Å². The quantitative estimate of drug-likeness (QED) is 0.767. The molecule has 0 saturated carbocycles. The lowest BCUT2D eigenvalue weighted by Gasteiger charge is -2.15. The Balaban J connectivity index is 2.14. The number of hydrogen-bond acceptors (Lipinski definition) is 5. The molecule has 1 aromatic heterocycles. The molecule has 5 nitrogen and oxygen atoms in total. The topological polar surface area (TPSA) is 80.2 Å². The number of hydrogen-bond donors (Lipinski definition) is 1. The number of sulfone groups is 1. The van der Waals surface area contributed by atoms with Gasteiger partial charge >= 0.3 is 0 Å². The van der Waals surface area contributed by atoms with E-state index in [0.29, 0.717) is 12.0 Å². The van der Waals surface area contributed by atoms with E-state index in [0.717, 1.165) is 0 Å². The van der Waals surface area contributed by atoms with Gasteiger partial charge in [0.15, 0.2) is 9.84 Å². The highest BCUT2D eigenvalue weighted by Crippen LogP contribution is 2.30. The third-order valence-electron chi connectivity index (χ3n) is 2.64. The summed E-state index contributed by atoms with van der Waals surface area (Å²) in [5.41, 5.74) is 0.583. The molecule has 2 rings (SSSR count). The maximum absolute atomic E-state index is 11.2. The van der Waals surface area contributed by atoms with Gasteiger partial charge < -0.3 is 5.11 Å². The van der Waals surface area contributed by atoms with Crippen LogP contribution in [-0.4, -0.2) is 35.0 Å². The van der Waals surface area contributed by atoms with Crippen LogP contribution in [0.5, 0.6) is 0 Å². The fourth-order valence-corrected chi connectivity index (χ4v) is 3.64. The minimum atomic E-state index is -2.95. The summed E-state index contributed by atoms with van der Waals surface area (Å²) in [7, 11) is -2.95. The Bertz CT molecular complexity index is 432. The normalized spacial score (nSPS) is 26.3. The van der Waals surface area contributed by atoms with Crippen molar-refractivity contribution in [3.8, 4) is 0 Å². The zero-order valence-corrected chi connectivity index (χ0v) is 8.89. The molecule has 0 amide bonds. The van der Waals surface area contributed by atoms with Gasteiger partial charge in [0.2, 0.25) is 0 Å². The number of nitrogens with zero attached hydrogens (tertiary/aromatic N) is 2. The summed E-state index contributed by atoms with van der Waals surface area (Å²) in [6.45, 7) is 0. The second kappa shape index (κ2) is 3.86. The highest BCUT2D eigenvalue weighted by Gasteiger charge is 2.33. The second-order valence-electron chi connectivity index (χ2n) is 3.78. The summed E-state index contributed by atoms with van der Waals surface area (Å²) in [4.78, 5) is 7.59. The van der Waals surface area contributed by atoms with E-state index in [1.165, 1.54) is 18.7 Å². The third-order valence-corrected chi connectivity index (χ3v) is 4.43. The highest BCUT2D eigenvalue weighted by atomic mass is 32.2. The Morgan fingerprint density at radius 2 is 2.07 bits per heavy atom. The number of aliphatic hydroxyl groups is 1. The fraction of sp³-hybridized carbons (Fsp3) is 0.556. The molecule has 2 unspecified atom stereocenters. The van der Waals surface area contributed by atoms with E-state index in [4.69, 9.17) is 0 Å². The molecule has 82 valence electrons. The van der Waals surface area contributed by atoms with Crippen LogP contribution in [0.15, 0.2) is 18.7 Å². The van der Waals surface area contributed by atoms with E-state index >= 15 is 0 Å². The van der Waals surface area contributed by atoms with Crippen molar-refractivity contribution in [1.82, 2.24) is 9.97 Å². The molecular weight excluding hydrogens is 216 g/mol. The molecule has 1 saturated heterocycles. The van der Waals surface area contributed by atoms with Crippen molar-refractivity contribution in [2.45, 2.75) is 12.5 Å². The standard InChI is InChI=1S/C9H12N2O3S/c12-9(8-3-10-6-11-4-8)7-1-2-15(13,14)5-7/h3-4,6-7,9,12H,1-2,5H2. The Kier molecular flexibility index (Phi) is 2.70. The molecule has 0 bridgehead atoms. The van der Waals surface area contributed by atoms with Gasteiger partial charge in [-0.05, 0) is 6.42 Å². The van der Waals surface area contributed by atoms with Gasteiger partial charge in [0.1, 0.15) is 6.33 Å². The van der Waals surface area contributed by atoms with Crippen LogP contribution < -0.4 is 0 Å². The van der Waals surface area contributed by atoms with Gasteiger partial charge in [0.05, 0.1) is 17.6 Å². The molecule has 15 heavy (non-hydrogen) atoms. The van der Waals surface area contributed by atoms with Gasteiger partial charge in [-0.3, -0.25) is 0 Å². The number of aliphatic hydroxyl groups excluding tert-OH is 1. The zero-order valence-electron chi connectivity index (χ0n) is 8.07. The van der Waals surface area contributed by atoms with Crippen LogP contribution in [0.3, 0.4) is 0 Å². The summed E-state index contributed by atoms with van der Waals surface area (Å²) < 4.78 is 22.5. The molecule has 1 aliphatic rings. The molecule has 0 aliphatic carbocycles. The first kappa shape index (κ1) is 10.5. The van der Waals surface area contributed by atoms with E-state index in [2.05, 4.69) is 9.97 Å². The summed E-state index contributed by atoms with van der Waals surface area (Å²) in [6, 6.07) is 0. The van der Waals surface area contributed by atoms with Crippen LogP contribution in [0.1, 0.15) is 18.1 Å². The first-order valence-corrected chi connectivity index (χ1v) is 6.54. The summed E-state index contributed by atoms with van der Waals surface area (Å²) >= 11 is 0. The molecule has 2 atom stereocenters. The monoisotopic (exact) mass is 228 g/mol. The maximum Gasteiger partial charge on any atom is 0.150 e. The summed E-state index contributed by atoms with van der Waals surface area (Å²) in [6.07, 6.45) is 4.15. The van der Waals surface area contributed by atoms with Crippen molar-refractivity contribution in [2.75, 3.05) is 11.5 Å². The Labute approximate surface area is 88.1 Å². The van der Waals surface area contributed by atoms with Gasteiger partial charge in [0.25, 0.3) is 0 Å². The average molecular weight is 228 g/mol. The number of rotatable bonds is 2. The van der Waals surface area contributed by atoms with Gasteiger partial charge in [-0.25, -0.2) is 18.4 Å². The molecule has 1 aromatic rings. The average Bonchev–Trinajstić information content (AvgIpc) is 2.59. The fourth-order valence-electron chi connectivity index (χ4n) is 1.81. The lowest BCUT2D eigenvalue weighted by Crippen LogP contribution is -2.14. The van der Waals surface area contributed by atoms with Crippen molar-refractivity contribution in [3.05, 3.63) is 24.3 Å². The lowest BCUT2D eigenvalue weighted by molar-refractivity contribution is 0.120. The van der Waals surface area contributed by atoms with Crippen LogP contribution in [0.25, 0.3) is 0 Å². The van der Waals surface area contributed by atoms with Crippen LogP contribution in [0.2, 0.25) is 0 Å². The zero-order chi connectivity index (χ0) is 10.9. The van der Waals surface area contributed by atoms with Crippen molar-refractivity contribution in [2.24, 2.45) is 5.92 Å². The summed E-state index contributed by atoms with van der Waals surface area (Å²) in [5, 5.41) is 9.91. The molecule has 2 heterocycles. The second-order valence-corrected chi connectivity index (χ2v) is 6.01. The van der Waals surface area contributed by atoms with E-state index < -0.39 is 15.9 Å². The predicted molar refractivity (Wildman–Crippen MR) is 53.8 cm³/mol. The van der Waals surface area contributed by atoms with Crippen molar-refractivity contribution in [1.29, 1.82) is 0 Å². The molecule has 6 heteroatoms. The Morgan fingerprint density at radius 3 is 2.60 bits per heavy atom. The summed E-state index contributed by atoms with van der Waals surface area (Å²) in [5.74, 6) is 0.00636. The first-order valence-electron chi connectivity index (χ1n) is 4.72. The molecule has 1 N–H and O–H groups in total. The van der Waals surface area contributed by atoms with Crippen molar-refractivity contribution >= 4 is 9.84 Å². The van der Waals surface area contributed by atoms with E-state index in [1.54, 1.807) is 0 Å². The SMILES string of the molecule is O=S1(=O)CCC(C(O)c2cncnc2)C1. The largest absolute Gasteiger partial charge is 0.388 e. The molecular formula is C9H12N2O3S. The van der Waals surface area contributed by atoms with Crippen molar-refractivity contribution in [3.63, 3.8) is 0 Å². The minimum Gasteiger partial charge on any atom is -0.388 e. The molecule has 1 aliphatic heterocycles. The van der Waals surface area contributed by atoms with Gasteiger partial charge in [-0.15, -0.1) is 0 Å².